The summed E-state index contributed by atoms with van der Waals surface area (Å²) in [6.45, 7) is 7.82. The summed E-state index contributed by atoms with van der Waals surface area (Å²) in [7, 11) is 0. The van der Waals surface area contributed by atoms with Gasteiger partial charge < -0.3 is 24.8 Å². The lowest BCUT2D eigenvalue weighted by atomic mass is 9.79. The van der Waals surface area contributed by atoms with Crippen LogP contribution in [0.25, 0.3) is 0 Å². The molecule has 0 heterocycles. The minimum absolute atomic E-state index is 0.0212. The van der Waals surface area contributed by atoms with E-state index in [1.165, 1.54) is 19.9 Å². The normalized spacial score (nSPS) is 30.6. The summed E-state index contributed by atoms with van der Waals surface area (Å²) in [6, 6.07) is 0. The van der Waals surface area contributed by atoms with E-state index in [4.69, 9.17) is 14.6 Å². The van der Waals surface area contributed by atoms with Crippen LogP contribution in [0.4, 0.5) is 0 Å². The van der Waals surface area contributed by atoms with Crippen LogP contribution in [0.15, 0.2) is 23.3 Å². The van der Waals surface area contributed by atoms with Crippen molar-refractivity contribution in [2.75, 3.05) is 13.2 Å². The van der Waals surface area contributed by atoms with Crippen molar-refractivity contribution in [1.29, 1.82) is 0 Å². The van der Waals surface area contributed by atoms with Crippen molar-refractivity contribution in [1.82, 2.24) is 0 Å². The van der Waals surface area contributed by atoms with Gasteiger partial charge in [-0.25, -0.2) is 0 Å². The molecule has 0 aliphatic heterocycles. The molecule has 1 saturated carbocycles. The van der Waals surface area contributed by atoms with E-state index in [2.05, 4.69) is 0 Å². The SMILES string of the molecule is CC(=O)OC/C(=C/C[C@H]1C(OC(C)=O)C1(C)C)C[C@]1(O)C(=O)C(C)=C[C@H]1[C@@H](O)CCO. The first-order valence-electron chi connectivity index (χ1n) is 10.6. The number of allylic oxidation sites excluding steroid dienone is 1. The summed E-state index contributed by atoms with van der Waals surface area (Å²) in [5.74, 6) is -2.15. The van der Waals surface area contributed by atoms with E-state index in [1.54, 1.807) is 6.92 Å². The van der Waals surface area contributed by atoms with Gasteiger partial charge in [0.25, 0.3) is 0 Å². The molecule has 0 spiro atoms. The number of Topliss-reactive ketones (excluding diaryl/α,β-unsaturated/α-hetero) is 1. The molecule has 8 nitrogen and oxygen atoms in total. The molecular weight excluding hydrogens is 404 g/mol. The zero-order chi connectivity index (χ0) is 23.6. The number of rotatable bonds is 10. The lowest BCUT2D eigenvalue weighted by Crippen LogP contribution is -2.47. The number of ether oxygens (including phenoxy) is 2. The average Bonchev–Trinajstić information content (AvgIpc) is 3.08. The van der Waals surface area contributed by atoms with Crippen LogP contribution < -0.4 is 0 Å². The fourth-order valence-corrected chi connectivity index (χ4v) is 4.47. The van der Waals surface area contributed by atoms with Gasteiger partial charge in [0.15, 0.2) is 5.78 Å². The summed E-state index contributed by atoms with van der Waals surface area (Å²) in [4.78, 5) is 35.4. The third-order valence-electron chi connectivity index (χ3n) is 6.43. The molecule has 0 aromatic carbocycles. The summed E-state index contributed by atoms with van der Waals surface area (Å²) in [5, 5.41) is 30.8. The second-order valence-electron chi connectivity index (χ2n) is 9.22. The molecule has 2 aliphatic carbocycles. The number of hydrogen-bond acceptors (Lipinski definition) is 8. The van der Waals surface area contributed by atoms with Crippen molar-refractivity contribution < 1.29 is 39.2 Å². The Morgan fingerprint density at radius 1 is 1.26 bits per heavy atom. The van der Waals surface area contributed by atoms with E-state index in [0.29, 0.717) is 17.6 Å². The lowest BCUT2D eigenvalue weighted by Gasteiger charge is -2.32. The van der Waals surface area contributed by atoms with Crippen LogP contribution in [0.5, 0.6) is 0 Å². The summed E-state index contributed by atoms with van der Waals surface area (Å²) in [6.07, 6.45) is 2.44. The van der Waals surface area contributed by atoms with E-state index in [-0.39, 0.29) is 49.5 Å². The van der Waals surface area contributed by atoms with Crippen LogP contribution in [0.3, 0.4) is 0 Å². The first-order chi connectivity index (χ1) is 14.3. The molecule has 0 saturated heterocycles. The van der Waals surface area contributed by atoms with Gasteiger partial charge in [0.05, 0.1) is 6.10 Å². The molecule has 0 amide bonds. The second kappa shape index (κ2) is 9.63. The molecule has 0 aromatic heterocycles. The Bertz CT molecular complexity index is 780. The van der Waals surface area contributed by atoms with Crippen LogP contribution in [-0.4, -0.2) is 64.1 Å². The van der Waals surface area contributed by atoms with Crippen LogP contribution in [0.1, 0.15) is 53.9 Å². The van der Waals surface area contributed by atoms with Gasteiger partial charge in [0, 0.05) is 44.1 Å². The second-order valence-corrected chi connectivity index (χ2v) is 9.22. The topological polar surface area (TPSA) is 130 Å². The highest BCUT2D eigenvalue weighted by molar-refractivity contribution is 6.04. The maximum absolute atomic E-state index is 12.8. The molecule has 3 N–H and O–H groups in total. The van der Waals surface area contributed by atoms with E-state index >= 15 is 0 Å². The monoisotopic (exact) mass is 438 g/mol. The highest BCUT2D eigenvalue weighted by atomic mass is 16.6. The first-order valence-corrected chi connectivity index (χ1v) is 10.6. The number of esters is 2. The third-order valence-corrected chi connectivity index (χ3v) is 6.43. The summed E-state index contributed by atoms with van der Waals surface area (Å²) < 4.78 is 10.5. The highest BCUT2D eigenvalue weighted by Gasteiger charge is 2.60. The Kier molecular flexibility index (Phi) is 7.84. The van der Waals surface area contributed by atoms with Gasteiger partial charge in [-0.2, -0.15) is 0 Å². The predicted octanol–water partition coefficient (Wildman–Crippen LogP) is 1.46. The van der Waals surface area contributed by atoms with Crippen LogP contribution in [-0.2, 0) is 23.9 Å². The molecule has 5 atom stereocenters. The Morgan fingerprint density at radius 3 is 2.45 bits per heavy atom. The zero-order valence-electron chi connectivity index (χ0n) is 18.9. The van der Waals surface area contributed by atoms with Gasteiger partial charge in [0.1, 0.15) is 18.3 Å². The third kappa shape index (κ3) is 5.61. The van der Waals surface area contributed by atoms with Crippen molar-refractivity contribution in [2.24, 2.45) is 17.3 Å². The van der Waals surface area contributed by atoms with Gasteiger partial charge >= 0.3 is 11.9 Å². The minimum atomic E-state index is -1.89. The Hall–Kier alpha value is -2.03. The fourth-order valence-electron chi connectivity index (χ4n) is 4.47. The molecule has 8 heteroatoms. The van der Waals surface area contributed by atoms with Crippen LogP contribution >= 0.6 is 0 Å². The molecule has 0 bridgehead atoms. The number of carbonyl (C=O) groups excluding carboxylic acids is 3. The van der Waals surface area contributed by atoms with Gasteiger partial charge in [-0.05, 0) is 30.9 Å². The largest absolute Gasteiger partial charge is 0.462 e. The van der Waals surface area contributed by atoms with Crippen molar-refractivity contribution >= 4 is 17.7 Å². The molecular formula is C23H34O8. The molecule has 1 fully saturated rings. The van der Waals surface area contributed by atoms with Crippen LogP contribution in [0.2, 0.25) is 0 Å². The number of hydrogen-bond donors (Lipinski definition) is 3. The Morgan fingerprint density at radius 2 is 1.90 bits per heavy atom. The molecule has 174 valence electrons. The molecule has 2 rings (SSSR count). The maximum Gasteiger partial charge on any atom is 0.302 e. The summed E-state index contributed by atoms with van der Waals surface area (Å²) in [5.41, 5.74) is -1.21. The van der Waals surface area contributed by atoms with E-state index in [0.717, 1.165) is 0 Å². The zero-order valence-corrected chi connectivity index (χ0v) is 18.9. The van der Waals surface area contributed by atoms with Crippen molar-refractivity contribution in [3.8, 4) is 0 Å². The number of aliphatic hydroxyl groups excluding tert-OH is 2. The van der Waals surface area contributed by atoms with Gasteiger partial charge in [-0.1, -0.05) is 26.0 Å². The molecule has 1 unspecified atom stereocenters. The summed E-state index contributed by atoms with van der Waals surface area (Å²) >= 11 is 0. The van der Waals surface area contributed by atoms with Crippen molar-refractivity contribution in [2.45, 2.75) is 71.7 Å². The Labute approximate surface area is 182 Å². The smallest absolute Gasteiger partial charge is 0.302 e. The van der Waals surface area contributed by atoms with E-state index in [9.17, 15) is 24.6 Å². The van der Waals surface area contributed by atoms with Crippen molar-refractivity contribution in [3.05, 3.63) is 23.3 Å². The van der Waals surface area contributed by atoms with Gasteiger partial charge in [-0.3, -0.25) is 14.4 Å². The molecule has 2 aliphatic rings. The fraction of sp³-hybridized carbons (Fsp3) is 0.696. The van der Waals surface area contributed by atoms with E-state index < -0.39 is 29.4 Å². The first kappa shape index (κ1) is 25.2. The van der Waals surface area contributed by atoms with Gasteiger partial charge in [0.2, 0.25) is 0 Å². The molecule has 0 radical (unpaired) electrons. The number of carbonyl (C=O) groups is 3. The average molecular weight is 439 g/mol. The number of aliphatic hydroxyl groups is 3. The maximum atomic E-state index is 12.8. The van der Waals surface area contributed by atoms with Crippen molar-refractivity contribution in [3.63, 3.8) is 0 Å². The predicted molar refractivity (Wildman–Crippen MR) is 112 cm³/mol. The van der Waals surface area contributed by atoms with E-state index in [1.807, 2.05) is 19.9 Å². The highest BCUT2D eigenvalue weighted by Crippen LogP contribution is 2.56. The Balaban J connectivity index is 2.23. The van der Waals surface area contributed by atoms with Gasteiger partial charge in [-0.15, -0.1) is 0 Å². The number of ketones is 1. The minimum Gasteiger partial charge on any atom is -0.462 e. The van der Waals surface area contributed by atoms with Crippen LogP contribution in [0, 0.1) is 17.3 Å². The molecule has 0 aromatic rings. The molecule has 31 heavy (non-hydrogen) atoms. The quantitative estimate of drug-likeness (QED) is 0.345. The standard InChI is InChI=1S/C23H34O8/c1-13-10-18(19(27)8-9-24)23(29,20(13)28)11-16(12-30-14(2)25)6-7-17-21(22(17,4)5)31-15(3)26/h6,10,17-19,21,24,27,29H,7-9,11-12H2,1-5H3/b16-6+/t17-,18-,19-,21?,23+/m0/s1. The lowest BCUT2D eigenvalue weighted by molar-refractivity contribution is -0.144.